The number of hydrogen-bond donors (Lipinski definition) is 2. The highest BCUT2D eigenvalue weighted by Crippen LogP contribution is 2.60. The maximum Gasteiger partial charge on any atom is 0.436 e. The average molecular weight is 636 g/mol. The van der Waals surface area contributed by atoms with Gasteiger partial charge < -0.3 is 25.0 Å². The molecular weight excluding hydrogens is 590 g/mol. The van der Waals surface area contributed by atoms with Crippen molar-refractivity contribution in [3.63, 3.8) is 0 Å². The summed E-state index contributed by atoms with van der Waals surface area (Å²) in [6.45, 7) is 6.53. The Kier molecular flexibility index (Phi) is 9.32. The van der Waals surface area contributed by atoms with Crippen molar-refractivity contribution in [2.24, 2.45) is 0 Å². The molecule has 0 radical (unpaired) electrons. The van der Waals surface area contributed by atoms with Crippen LogP contribution in [0.25, 0.3) is 0 Å². The van der Waals surface area contributed by atoms with Gasteiger partial charge in [-0.2, -0.15) is 5.10 Å². The fourth-order valence-electron chi connectivity index (χ4n) is 6.19. The molecule has 10 nitrogen and oxygen atoms in total. The summed E-state index contributed by atoms with van der Waals surface area (Å²) in [6.07, 6.45) is 8.40. The van der Waals surface area contributed by atoms with Crippen molar-refractivity contribution in [2.45, 2.75) is 69.5 Å². The summed E-state index contributed by atoms with van der Waals surface area (Å²) in [4.78, 5) is 42.6. The van der Waals surface area contributed by atoms with Crippen LogP contribution in [0.15, 0.2) is 60.7 Å². The lowest BCUT2D eigenvalue weighted by atomic mass is 9.83. The van der Waals surface area contributed by atoms with Gasteiger partial charge in [-0.15, -0.1) is 4.68 Å². The lowest BCUT2D eigenvalue weighted by Gasteiger charge is -2.53. The molecule has 45 heavy (non-hydrogen) atoms. The van der Waals surface area contributed by atoms with Crippen molar-refractivity contribution in [1.29, 1.82) is 0 Å². The van der Waals surface area contributed by atoms with Gasteiger partial charge in [0.25, 0.3) is 0 Å². The van der Waals surface area contributed by atoms with E-state index in [-0.39, 0.29) is 37.5 Å². The molecule has 0 unspecified atom stereocenters. The second-order valence-corrected chi connectivity index (χ2v) is 17.4. The van der Waals surface area contributed by atoms with E-state index < -0.39 is 32.4 Å². The fraction of sp³-hybridized carbons (Fsp3) is 0.471. The molecule has 1 aliphatic heterocycles. The third-order valence-electron chi connectivity index (χ3n) is 9.11. The maximum absolute atomic E-state index is 14.0. The number of nitrogens with zero attached hydrogens (tertiary/aromatic N) is 3. The van der Waals surface area contributed by atoms with Gasteiger partial charge in [-0.05, 0) is 69.9 Å². The Balaban J connectivity index is 1.40. The smallest absolute Gasteiger partial charge is 0.436 e. The van der Waals surface area contributed by atoms with Crippen molar-refractivity contribution >= 4 is 33.9 Å². The first-order chi connectivity index (χ1) is 21.4. The minimum atomic E-state index is -1.24. The van der Waals surface area contributed by atoms with Crippen molar-refractivity contribution in [2.75, 3.05) is 37.3 Å². The average Bonchev–Trinajstić information content (AvgIpc) is 3.46. The van der Waals surface area contributed by atoms with E-state index in [0.29, 0.717) is 17.9 Å². The third-order valence-corrected chi connectivity index (χ3v) is 12.1. The minimum Gasteiger partial charge on any atom is -0.448 e. The standard InChI is InChI=1S/C34H45N5O5S/c1-7-44-32(42)39-29(36-30(40)34(19-14-20-34)45(4,5)6)26-21-38(33(2,3)28(26)37-39)31(41)35-27(25-17-12-9-13-18-25)23-43-22-24-15-10-8-11-16-24/h8-13,15-18,27H,7,14,19-23H2,1-6H3,(H,35,41)(H,36,40)/t27-/m1/s1. The van der Waals surface area contributed by atoms with Gasteiger partial charge in [-0.1, -0.05) is 60.7 Å². The second-order valence-electron chi connectivity index (χ2n) is 13.0. The van der Waals surface area contributed by atoms with E-state index in [9.17, 15) is 14.4 Å². The number of aromatic nitrogens is 2. The van der Waals surface area contributed by atoms with E-state index in [2.05, 4.69) is 34.5 Å². The minimum absolute atomic E-state index is 0.107. The molecule has 5 rings (SSSR count). The molecule has 1 aromatic heterocycles. The molecule has 1 atom stereocenters. The molecule has 11 heteroatoms. The van der Waals surface area contributed by atoms with Crippen molar-refractivity contribution in [3.8, 4) is 0 Å². The van der Waals surface area contributed by atoms with Crippen molar-refractivity contribution in [1.82, 2.24) is 20.0 Å². The Hall–Kier alpha value is -3.83. The number of nitrogens with one attached hydrogen (secondary N) is 2. The molecule has 2 aromatic carbocycles. The number of anilines is 1. The van der Waals surface area contributed by atoms with Crippen LogP contribution in [0.5, 0.6) is 0 Å². The molecule has 0 bridgehead atoms. The molecule has 242 valence electrons. The molecule has 2 heterocycles. The molecule has 0 spiro atoms. The number of hydrogen-bond acceptors (Lipinski definition) is 6. The van der Waals surface area contributed by atoms with E-state index in [4.69, 9.17) is 9.47 Å². The van der Waals surface area contributed by atoms with Crippen LogP contribution in [-0.2, 0) is 33.0 Å². The van der Waals surface area contributed by atoms with Gasteiger partial charge in [0.2, 0.25) is 5.91 Å². The number of carbonyl (C=O) groups is 3. The van der Waals surface area contributed by atoms with E-state index in [0.717, 1.165) is 35.1 Å². The summed E-state index contributed by atoms with van der Waals surface area (Å²) in [6, 6.07) is 18.9. The largest absolute Gasteiger partial charge is 0.448 e. The highest BCUT2D eigenvalue weighted by Gasteiger charge is 2.52. The molecule has 1 aliphatic carbocycles. The molecule has 1 fully saturated rings. The molecule has 3 amide bonds. The maximum atomic E-state index is 14.0. The summed E-state index contributed by atoms with van der Waals surface area (Å²) >= 11 is 0. The van der Waals surface area contributed by atoms with Crippen molar-refractivity contribution < 1.29 is 23.9 Å². The summed E-state index contributed by atoms with van der Waals surface area (Å²) in [5.41, 5.74) is 2.26. The Morgan fingerprint density at radius 2 is 1.64 bits per heavy atom. The fourth-order valence-corrected chi connectivity index (χ4v) is 8.31. The van der Waals surface area contributed by atoms with Crippen LogP contribution in [0.1, 0.15) is 68.5 Å². The SMILES string of the molecule is CCOC(=O)n1nc2c(c1NC(=O)C1(S(C)(C)C)CCC1)CN(C(=O)N[C@H](COCc1ccccc1)c1ccccc1)C2(C)C. The zero-order chi connectivity index (χ0) is 32.4. The van der Waals surface area contributed by atoms with Gasteiger partial charge in [-0.3, -0.25) is 4.79 Å². The summed E-state index contributed by atoms with van der Waals surface area (Å²) < 4.78 is 12.0. The van der Waals surface area contributed by atoms with Crippen LogP contribution in [-0.4, -0.2) is 69.4 Å². The summed E-state index contributed by atoms with van der Waals surface area (Å²) in [7, 11) is -1.24. The lowest BCUT2D eigenvalue weighted by molar-refractivity contribution is -0.120. The van der Waals surface area contributed by atoms with Gasteiger partial charge in [-0.25, -0.2) is 19.6 Å². The Labute approximate surface area is 267 Å². The number of fused-ring (bicyclic) bond motifs is 1. The zero-order valence-electron chi connectivity index (χ0n) is 27.1. The topological polar surface area (TPSA) is 115 Å². The van der Waals surface area contributed by atoms with Crippen LogP contribution in [0.3, 0.4) is 0 Å². The van der Waals surface area contributed by atoms with E-state index in [1.165, 1.54) is 0 Å². The van der Waals surface area contributed by atoms with Gasteiger partial charge in [0, 0.05) is 5.56 Å². The van der Waals surface area contributed by atoms with Crippen molar-refractivity contribution in [3.05, 3.63) is 83.0 Å². The first-order valence-electron chi connectivity index (χ1n) is 15.4. The van der Waals surface area contributed by atoms with Crippen LogP contribution < -0.4 is 10.6 Å². The third kappa shape index (κ3) is 6.33. The second kappa shape index (κ2) is 12.9. The summed E-state index contributed by atoms with van der Waals surface area (Å²) in [5.74, 6) is 0.169. The predicted molar refractivity (Wildman–Crippen MR) is 178 cm³/mol. The lowest BCUT2D eigenvalue weighted by Crippen LogP contribution is -2.52. The molecule has 3 aromatic rings. The number of amides is 3. The molecule has 2 aliphatic rings. The van der Waals surface area contributed by atoms with Crippen LogP contribution in [0.4, 0.5) is 15.4 Å². The van der Waals surface area contributed by atoms with Gasteiger partial charge in [0.05, 0.1) is 48.4 Å². The van der Waals surface area contributed by atoms with E-state index in [1.807, 2.05) is 74.5 Å². The molecule has 1 saturated carbocycles. The monoisotopic (exact) mass is 635 g/mol. The quantitative estimate of drug-likeness (QED) is 0.276. The Morgan fingerprint density at radius 3 is 2.22 bits per heavy atom. The Morgan fingerprint density at radius 1 is 1.00 bits per heavy atom. The van der Waals surface area contributed by atoms with Crippen LogP contribution >= 0.6 is 10.0 Å². The van der Waals surface area contributed by atoms with Gasteiger partial charge in [0.1, 0.15) is 5.82 Å². The molecular formula is C34H45N5O5S. The number of rotatable bonds is 10. The summed E-state index contributed by atoms with van der Waals surface area (Å²) in [5, 5.41) is 10.9. The van der Waals surface area contributed by atoms with E-state index in [1.54, 1.807) is 11.8 Å². The first-order valence-corrected chi connectivity index (χ1v) is 18.3. The number of carbonyl (C=O) groups excluding carboxylic acids is 3. The highest BCUT2D eigenvalue weighted by atomic mass is 32.3. The van der Waals surface area contributed by atoms with Gasteiger partial charge >= 0.3 is 12.1 Å². The normalized spacial score (nSPS) is 17.5. The Bertz CT molecular complexity index is 1530. The zero-order valence-corrected chi connectivity index (χ0v) is 27.9. The highest BCUT2D eigenvalue weighted by molar-refractivity contribution is 8.33. The predicted octanol–water partition coefficient (Wildman–Crippen LogP) is 6.16. The van der Waals surface area contributed by atoms with Gasteiger partial charge in [0.15, 0.2) is 0 Å². The molecule has 0 saturated heterocycles. The molecule has 2 N–H and O–H groups in total. The van der Waals surface area contributed by atoms with Crippen LogP contribution in [0.2, 0.25) is 0 Å². The number of benzene rings is 2. The number of ether oxygens (including phenoxy) is 2. The van der Waals surface area contributed by atoms with E-state index >= 15 is 0 Å². The van der Waals surface area contributed by atoms with Crippen LogP contribution in [0, 0.1) is 0 Å². The number of urea groups is 1. The first kappa shape index (κ1) is 32.6.